The van der Waals surface area contributed by atoms with E-state index in [0.29, 0.717) is 19.3 Å². The van der Waals surface area contributed by atoms with E-state index in [1.807, 2.05) is 54.6 Å². The van der Waals surface area contributed by atoms with Crippen molar-refractivity contribution < 1.29 is 22.0 Å². The second-order valence-electron chi connectivity index (χ2n) is 12.3. The Bertz CT molecular complexity index is 1110. The number of benzene rings is 3. The lowest BCUT2D eigenvalue weighted by Crippen LogP contribution is -2.66. The maximum absolute atomic E-state index is 15.3. The van der Waals surface area contributed by atoms with Gasteiger partial charge in [0.05, 0.1) is 0 Å². The van der Waals surface area contributed by atoms with Gasteiger partial charge in [-0.25, -0.2) is 8.78 Å². The zero-order valence-electron chi connectivity index (χ0n) is 20.7. The molecule has 0 saturated heterocycles. The molecule has 4 saturated carbocycles. The molecule has 37 heavy (non-hydrogen) atoms. The van der Waals surface area contributed by atoms with Crippen molar-refractivity contribution >= 4 is 0 Å². The molecule has 5 heteroatoms. The van der Waals surface area contributed by atoms with Gasteiger partial charge in [0, 0.05) is 6.42 Å². The average Bonchev–Trinajstić information content (AvgIpc) is 2.83. The first-order chi connectivity index (χ1) is 17.5. The van der Waals surface area contributed by atoms with E-state index in [1.165, 1.54) is 0 Å². The lowest BCUT2D eigenvalue weighted by molar-refractivity contribution is -0.210. The summed E-state index contributed by atoms with van der Waals surface area (Å²) in [4.78, 5) is 0. The molecule has 3 aromatic rings. The van der Waals surface area contributed by atoms with Crippen LogP contribution in [0.15, 0.2) is 91.0 Å². The Hall–Kier alpha value is -2.69. The Balaban J connectivity index is 1.56. The van der Waals surface area contributed by atoms with Gasteiger partial charge in [-0.15, -0.1) is 0 Å². The normalized spacial score (nSPS) is 33.0. The summed E-state index contributed by atoms with van der Waals surface area (Å²) in [5, 5.41) is 0. The molecule has 0 atom stereocenters. The third-order valence-corrected chi connectivity index (χ3v) is 9.42. The second kappa shape index (κ2) is 8.15. The maximum Gasteiger partial charge on any atom is 0.394 e. The standard InChI is InChI=1S/C32H31F5/c33-31(34,23-32(35,36)37)19-27-16-28(24-10-4-1-5-11-24)20-29(17-27,25-12-6-2-7-13-25)22-30(18-27,21-28)26-14-8-3-9-15-26/h1-15H,16-23H2. The fraction of sp³-hybridized carbons (Fsp3) is 0.438. The predicted molar refractivity (Wildman–Crippen MR) is 135 cm³/mol. The summed E-state index contributed by atoms with van der Waals surface area (Å²) in [7, 11) is 0. The van der Waals surface area contributed by atoms with Crippen LogP contribution in [0.25, 0.3) is 0 Å². The van der Waals surface area contributed by atoms with Crippen LogP contribution in [0, 0.1) is 5.41 Å². The van der Waals surface area contributed by atoms with Crippen LogP contribution in [0.5, 0.6) is 0 Å². The van der Waals surface area contributed by atoms with Crippen molar-refractivity contribution in [2.24, 2.45) is 5.41 Å². The van der Waals surface area contributed by atoms with E-state index in [-0.39, 0.29) is 16.2 Å². The van der Waals surface area contributed by atoms with E-state index >= 15 is 8.78 Å². The Labute approximate surface area is 214 Å². The van der Waals surface area contributed by atoms with Gasteiger partial charge in [0.2, 0.25) is 0 Å². The van der Waals surface area contributed by atoms with Gasteiger partial charge >= 0.3 is 6.18 Å². The number of rotatable bonds is 6. The summed E-state index contributed by atoms with van der Waals surface area (Å²) in [5.74, 6) is -3.81. The summed E-state index contributed by atoms with van der Waals surface area (Å²) in [5.41, 5.74) is 1.34. The summed E-state index contributed by atoms with van der Waals surface area (Å²) in [6.45, 7) is 0. The minimum Gasteiger partial charge on any atom is -0.206 e. The van der Waals surface area contributed by atoms with Gasteiger partial charge in [-0.2, -0.15) is 13.2 Å². The smallest absolute Gasteiger partial charge is 0.206 e. The van der Waals surface area contributed by atoms with Crippen molar-refractivity contribution in [3.05, 3.63) is 108 Å². The molecule has 4 aliphatic rings. The van der Waals surface area contributed by atoms with Gasteiger partial charge in [0.1, 0.15) is 6.42 Å². The molecule has 0 radical (unpaired) electrons. The van der Waals surface area contributed by atoms with E-state index < -0.39 is 30.4 Å². The molecule has 4 bridgehead atoms. The second-order valence-corrected chi connectivity index (χ2v) is 12.3. The molecule has 194 valence electrons. The molecule has 0 aromatic heterocycles. The van der Waals surface area contributed by atoms with Gasteiger partial charge in [-0.1, -0.05) is 91.0 Å². The molecular formula is C32H31F5. The quantitative estimate of drug-likeness (QED) is 0.290. The molecule has 3 aromatic carbocycles. The lowest BCUT2D eigenvalue weighted by atomic mass is 9.32. The van der Waals surface area contributed by atoms with Crippen molar-refractivity contribution in [3.63, 3.8) is 0 Å². The fourth-order valence-corrected chi connectivity index (χ4v) is 9.23. The zero-order valence-corrected chi connectivity index (χ0v) is 20.7. The highest BCUT2D eigenvalue weighted by Crippen LogP contribution is 2.76. The van der Waals surface area contributed by atoms with Gasteiger partial charge in [-0.05, 0) is 76.9 Å². The highest BCUT2D eigenvalue weighted by molar-refractivity contribution is 5.45. The van der Waals surface area contributed by atoms with Gasteiger partial charge in [0.25, 0.3) is 5.92 Å². The fourth-order valence-electron chi connectivity index (χ4n) is 9.23. The van der Waals surface area contributed by atoms with Crippen molar-refractivity contribution in [1.29, 1.82) is 0 Å². The van der Waals surface area contributed by atoms with Gasteiger partial charge in [-0.3, -0.25) is 0 Å². The lowest BCUT2D eigenvalue weighted by Gasteiger charge is -2.71. The van der Waals surface area contributed by atoms with Crippen LogP contribution in [-0.2, 0) is 16.2 Å². The van der Waals surface area contributed by atoms with E-state index in [4.69, 9.17) is 0 Å². The molecule has 0 spiro atoms. The highest BCUT2D eigenvalue weighted by Gasteiger charge is 2.70. The molecule has 0 N–H and O–H groups in total. The molecule has 0 aliphatic heterocycles. The van der Waals surface area contributed by atoms with E-state index in [0.717, 1.165) is 36.0 Å². The summed E-state index contributed by atoms with van der Waals surface area (Å²) in [6.07, 6.45) is -3.70. The molecule has 0 heterocycles. The number of hydrogen-bond acceptors (Lipinski definition) is 0. The first-order valence-electron chi connectivity index (χ1n) is 13.1. The topological polar surface area (TPSA) is 0 Å². The SMILES string of the molecule is FC(F)(F)CC(F)(F)CC12CC3(c4ccccc4)CC(c4ccccc4)(C1)CC(c1ccccc1)(C2)C3. The van der Waals surface area contributed by atoms with Crippen LogP contribution < -0.4 is 0 Å². The van der Waals surface area contributed by atoms with Crippen molar-refractivity contribution in [1.82, 2.24) is 0 Å². The molecule has 4 fully saturated rings. The maximum atomic E-state index is 15.3. The monoisotopic (exact) mass is 510 g/mol. The molecule has 7 rings (SSSR count). The predicted octanol–water partition coefficient (Wildman–Crippen LogP) is 9.15. The average molecular weight is 511 g/mol. The highest BCUT2D eigenvalue weighted by atomic mass is 19.4. The molecule has 4 aliphatic carbocycles. The largest absolute Gasteiger partial charge is 0.394 e. The molecule has 0 nitrogen and oxygen atoms in total. The molecular weight excluding hydrogens is 479 g/mol. The Kier molecular flexibility index (Phi) is 5.43. The number of halogens is 5. The molecule has 0 unspecified atom stereocenters. The first kappa shape index (κ1) is 24.6. The van der Waals surface area contributed by atoms with Crippen LogP contribution in [0.2, 0.25) is 0 Å². The van der Waals surface area contributed by atoms with Crippen molar-refractivity contribution in [3.8, 4) is 0 Å². The Morgan fingerprint density at radius 3 is 1.11 bits per heavy atom. The number of hydrogen-bond donors (Lipinski definition) is 0. The minimum absolute atomic E-state index is 0.379. The van der Waals surface area contributed by atoms with Crippen LogP contribution in [-0.4, -0.2) is 12.1 Å². The van der Waals surface area contributed by atoms with Gasteiger partial charge < -0.3 is 0 Å². The van der Waals surface area contributed by atoms with Crippen LogP contribution in [0.1, 0.15) is 68.1 Å². The van der Waals surface area contributed by atoms with Crippen LogP contribution in [0.4, 0.5) is 22.0 Å². The summed E-state index contributed by atoms with van der Waals surface area (Å²) < 4.78 is 70.3. The molecule has 0 amide bonds. The van der Waals surface area contributed by atoms with Crippen LogP contribution in [0.3, 0.4) is 0 Å². The first-order valence-corrected chi connectivity index (χ1v) is 13.1. The summed E-state index contributed by atoms with van der Waals surface area (Å²) in [6, 6.07) is 30.3. The van der Waals surface area contributed by atoms with Crippen molar-refractivity contribution in [2.75, 3.05) is 0 Å². The van der Waals surface area contributed by atoms with Crippen LogP contribution >= 0.6 is 0 Å². The third-order valence-electron chi connectivity index (χ3n) is 9.42. The van der Waals surface area contributed by atoms with E-state index in [2.05, 4.69) is 36.4 Å². The van der Waals surface area contributed by atoms with E-state index in [9.17, 15) is 13.2 Å². The Morgan fingerprint density at radius 1 is 0.486 bits per heavy atom. The van der Waals surface area contributed by atoms with Crippen molar-refractivity contribution in [2.45, 2.75) is 79.7 Å². The summed E-state index contributed by atoms with van der Waals surface area (Å²) >= 11 is 0. The van der Waals surface area contributed by atoms with Gasteiger partial charge in [0.15, 0.2) is 0 Å². The third kappa shape index (κ3) is 4.28. The minimum atomic E-state index is -4.91. The number of alkyl halides is 5. The Morgan fingerprint density at radius 2 is 0.811 bits per heavy atom. The van der Waals surface area contributed by atoms with E-state index in [1.54, 1.807) is 0 Å². The zero-order chi connectivity index (χ0) is 26.0.